The molecule has 0 fully saturated rings. The summed E-state index contributed by atoms with van der Waals surface area (Å²) in [7, 11) is 0. The quantitative estimate of drug-likeness (QED) is 0.324. The maximum absolute atomic E-state index is 15.1. The van der Waals surface area contributed by atoms with Gasteiger partial charge >= 0.3 is 0 Å². The molecule has 6 rings (SSSR count). The van der Waals surface area contributed by atoms with Gasteiger partial charge in [-0.15, -0.1) is 10.2 Å². The number of benzene rings is 3. The average Bonchev–Trinajstić information content (AvgIpc) is 3.44. The molecule has 1 N–H and O–H groups in total. The summed E-state index contributed by atoms with van der Waals surface area (Å²) >= 11 is 0. The monoisotopic (exact) mass is 448 g/mol. The number of aryl methyl sites for hydroxylation is 1. The number of H-pyrrole nitrogens is 1. The van der Waals surface area contributed by atoms with Gasteiger partial charge in [0.2, 0.25) is 6.08 Å². The molecule has 0 saturated heterocycles. The van der Waals surface area contributed by atoms with Crippen LogP contribution in [0.3, 0.4) is 0 Å². The van der Waals surface area contributed by atoms with E-state index in [0.29, 0.717) is 34.3 Å². The fourth-order valence-electron chi connectivity index (χ4n) is 4.52. The molecule has 1 aliphatic heterocycles. The number of isocyanates is 1. The van der Waals surface area contributed by atoms with Crippen LogP contribution < -0.4 is 0 Å². The summed E-state index contributed by atoms with van der Waals surface area (Å²) in [5.41, 5.74) is 1.66. The van der Waals surface area contributed by atoms with E-state index >= 15 is 4.39 Å². The van der Waals surface area contributed by atoms with Crippen LogP contribution in [0.15, 0.2) is 88.8 Å². The first-order chi connectivity index (χ1) is 16.6. The van der Waals surface area contributed by atoms with Crippen LogP contribution in [-0.4, -0.2) is 31.5 Å². The number of nitrogens with one attached hydrogen (secondary N) is 1. The third-order valence-electron chi connectivity index (χ3n) is 6.05. The smallest absolute Gasteiger partial charge is 0.263 e. The van der Waals surface area contributed by atoms with Gasteiger partial charge in [-0.2, -0.15) is 4.99 Å². The number of fused-ring (bicyclic) bond motifs is 4. The van der Waals surface area contributed by atoms with Crippen LogP contribution in [0.2, 0.25) is 0 Å². The van der Waals surface area contributed by atoms with E-state index in [4.69, 9.17) is 4.99 Å². The van der Waals surface area contributed by atoms with E-state index in [9.17, 15) is 4.79 Å². The minimum absolute atomic E-state index is 0.285. The Balaban J connectivity index is 1.80. The second kappa shape index (κ2) is 7.43. The minimum atomic E-state index is -1.67. The Bertz CT molecular complexity index is 1630. The molecule has 1 unspecified atom stereocenters. The van der Waals surface area contributed by atoms with Gasteiger partial charge in [-0.25, -0.2) is 14.2 Å². The molecule has 0 saturated carbocycles. The summed E-state index contributed by atoms with van der Waals surface area (Å²) in [6.07, 6.45) is 1.69. The van der Waals surface area contributed by atoms with Crippen molar-refractivity contribution >= 4 is 22.7 Å². The van der Waals surface area contributed by atoms with Crippen molar-refractivity contribution in [2.45, 2.75) is 12.6 Å². The van der Waals surface area contributed by atoms with E-state index in [1.54, 1.807) is 28.8 Å². The number of hydrogen-bond donors (Lipinski definition) is 1. The van der Waals surface area contributed by atoms with Crippen molar-refractivity contribution < 1.29 is 9.18 Å². The van der Waals surface area contributed by atoms with Gasteiger partial charge < -0.3 is 4.98 Å². The molecule has 1 aliphatic rings. The summed E-state index contributed by atoms with van der Waals surface area (Å²) in [5.74, 6) is 0.443. The van der Waals surface area contributed by atoms with Gasteiger partial charge in [0.15, 0.2) is 5.82 Å². The Morgan fingerprint density at radius 2 is 1.71 bits per heavy atom. The van der Waals surface area contributed by atoms with Crippen LogP contribution in [0, 0.1) is 12.7 Å². The van der Waals surface area contributed by atoms with Crippen molar-refractivity contribution in [1.82, 2.24) is 19.7 Å². The van der Waals surface area contributed by atoms with Crippen molar-refractivity contribution in [2.24, 2.45) is 9.98 Å². The summed E-state index contributed by atoms with van der Waals surface area (Å²) in [5, 5.41) is 9.59. The maximum atomic E-state index is 15.1. The van der Waals surface area contributed by atoms with Crippen molar-refractivity contribution in [3.05, 3.63) is 113 Å². The van der Waals surface area contributed by atoms with E-state index in [1.165, 1.54) is 6.07 Å². The molecule has 2 aromatic heterocycles. The Hall–Kier alpha value is -4.68. The predicted molar refractivity (Wildman–Crippen MR) is 125 cm³/mol. The normalized spacial score (nSPS) is 16.8. The van der Waals surface area contributed by atoms with Crippen LogP contribution in [-0.2, 0) is 10.5 Å². The van der Waals surface area contributed by atoms with E-state index in [0.717, 1.165) is 10.9 Å². The number of aromatic amines is 1. The van der Waals surface area contributed by atoms with Gasteiger partial charge in [-0.3, -0.25) is 4.57 Å². The Labute approximate surface area is 193 Å². The number of aliphatic imine (C=N–C) groups is 2. The van der Waals surface area contributed by atoms with Gasteiger partial charge in [0.1, 0.15) is 11.6 Å². The lowest BCUT2D eigenvalue weighted by molar-refractivity contribution is 0.496. The van der Waals surface area contributed by atoms with Gasteiger partial charge in [-0.05, 0) is 42.6 Å². The van der Waals surface area contributed by atoms with Crippen molar-refractivity contribution in [3.8, 4) is 5.69 Å². The zero-order valence-corrected chi connectivity index (χ0v) is 18.0. The molecule has 5 aromatic rings. The highest BCUT2D eigenvalue weighted by molar-refractivity contribution is 6.15. The third kappa shape index (κ3) is 2.79. The van der Waals surface area contributed by atoms with Crippen LogP contribution >= 0.6 is 0 Å². The lowest BCUT2D eigenvalue weighted by Gasteiger charge is -2.22. The largest absolute Gasteiger partial charge is 0.354 e. The van der Waals surface area contributed by atoms with Gasteiger partial charge in [0, 0.05) is 16.6 Å². The van der Waals surface area contributed by atoms with Crippen molar-refractivity contribution in [3.63, 3.8) is 0 Å². The first-order valence-corrected chi connectivity index (χ1v) is 10.7. The second-order valence-electron chi connectivity index (χ2n) is 8.01. The van der Waals surface area contributed by atoms with Crippen LogP contribution in [0.4, 0.5) is 4.39 Å². The molecular weight excluding hydrogens is 431 g/mol. The SMILES string of the molecule is Cc1nnc2n1-c1ccccc1C(c1ccccc1F)=NC2(N=C=O)c1cc2ccccc2[nH]1. The number of hydrogen-bond acceptors (Lipinski definition) is 5. The second-order valence-corrected chi connectivity index (χ2v) is 8.01. The van der Waals surface area contributed by atoms with Gasteiger partial charge in [-0.1, -0.05) is 48.5 Å². The first-order valence-electron chi connectivity index (χ1n) is 10.7. The zero-order chi connectivity index (χ0) is 23.3. The highest BCUT2D eigenvalue weighted by Crippen LogP contribution is 2.41. The van der Waals surface area contributed by atoms with E-state index in [-0.39, 0.29) is 5.56 Å². The number of aromatic nitrogens is 4. The topological polar surface area (TPSA) is 88.3 Å². The molecular formula is C26H17FN6O. The van der Waals surface area contributed by atoms with E-state index < -0.39 is 11.5 Å². The number of halogens is 1. The molecule has 164 valence electrons. The molecule has 1 atom stereocenters. The summed E-state index contributed by atoms with van der Waals surface area (Å²) < 4.78 is 16.9. The number of rotatable bonds is 3. The van der Waals surface area contributed by atoms with Crippen molar-refractivity contribution in [1.29, 1.82) is 0 Å². The average molecular weight is 448 g/mol. The van der Waals surface area contributed by atoms with Gasteiger partial charge in [0.05, 0.1) is 17.1 Å². The third-order valence-corrected chi connectivity index (χ3v) is 6.05. The molecule has 3 aromatic carbocycles. The number of carbonyl (C=O) groups excluding carboxylic acids is 1. The number of nitrogens with zero attached hydrogens (tertiary/aromatic N) is 5. The van der Waals surface area contributed by atoms with E-state index in [1.807, 2.05) is 61.5 Å². The Morgan fingerprint density at radius 3 is 2.50 bits per heavy atom. The molecule has 0 bridgehead atoms. The summed E-state index contributed by atoms with van der Waals surface area (Å²) in [6.45, 7) is 1.81. The fourth-order valence-corrected chi connectivity index (χ4v) is 4.52. The van der Waals surface area contributed by atoms with Crippen molar-refractivity contribution in [2.75, 3.05) is 0 Å². The summed E-state index contributed by atoms with van der Waals surface area (Å²) in [6, 6.07) is 23.4. The zero-order valence-electron chi connectivity index (χ0n) is 18.0. The maximum Gasteiger partial charge on any atom is 0.263 e. The lowest BCUT2D eigenvalue weighted by Crippen LogP contribution is -2.28. The molecule has 7 nitrogen and oxygen atoms in total. The molecule has 8 heteroatoms. The predicted octanol–water partition coefficient (Wildman–Crippen LogP) is 4.58. The highest BCUT2D eigenvalue weighted by Gasteiger charge is 2.45. The minimum Gasteiger partial charge on any atom is -0.354 e. The Morgan fingerprint density at radius 1 is 0.971 bits per heavy atom. The molecule has 34 heavy (non-hydrogen) atoms. The molecule has 0 aliphatic carbocycles. The molecule has 0 spiro atoms. The molecule has 0 radical (unpaired) electrons. The summed E-state index contributed by atoms with van der Waals surface area (Å²) in [4.78, 5) is 24.4. The first kappa shape index (κ1) is 20.0. The van der Waals surface area contributed by atoms with E-state index in [2.05, 4.69) is 20.2 Å². The van der Waals surface area contributed by atoms with Crippen LogP contribution in [0.1, 0.15) is 28.5 Å². The molecule has 0 amide bonds. The van der Waals surface area contributed by atoms with Gasteiger partial charge in [0.25, 0.3) is 5.66 Å². The fraction of sp³-hybridized carbons (Fsp3) is 0.0769. The Kier molecular flexibility index (Phi) is 4.37. The standard InChI is InChI=1S/C26H17FN6O/c1-16-31-32-25-26(28-15-34,23-14-17-8-2-6-12-21(17)29-23)30-24(18-9-3-5-11-20(18)27)19-10-4-7-13-22(19)33(16)25/h2-14,29H,1H3. The number of para-hydroxylation sites is 2. The highest BCUT2D eigenvalue weighted by atomic mass is 19.1. The molecule has 3 heterocycles. The van der Waals surface area contributed by atoms with Crippen LogP contribution in [0.5, 0.6) is 0 Å². The van der Waals surface area contributed by atoms with Crippen LogP contribution in [0.25, 0.3) is 16.6 Å². The lowest BCUT2D eigenvalue weighted by atomic mass is 9.99.